The van der Waals surface area contributed by atoms with Crippen molar-refractivity contribution in [3.05, 3.63) is 28.8 Å². The van der Waals surface area contributed by atoms with E-state index in [0.717, 1.165) is 12.3 Å². The summed E-state index contributed by atoms with van der Waals surface area (Å²) in [6.45, 7) is 2.43. The molecule has 0 bridgehead atoms. The standard InChI is InChI=1S/C14H18ClNO2/c15-12-7-10(13-3-1-2-6-16-13)4-5-14(12)18-11-8-17-9-11/h4-5,7,11,13,16H,1-3,6,8-9H2. The van der Waals surface area contributed by atoms with Crippen LogP contribution in [0.25, 0.3) is 0 Å². The zero-order chi connectivity index (χ0) is 12.4. The Labute approximate surface area is 112 Å². The molecule has 3 nitrogen and oxygen atoms in total. The maximum absolute atomic E-state index is 6.28. The van der Waals surface area contributed by atoms with Crippen molar-refractivity contribution in [2.75, 3.05) is 19.8 Å². The summed E-state index contributed by atoms with van der Waals surface area (Å²) in [5.41, 5.74) is 1.26. The molecule has 1 atom stereocenters. The van der Waals surface area contributed by atoms with Crippen LogP contribution in [0.4, 0.5) is 0 Å². The summed E-state index contributed by atoms with van der Waals surface area (Å²) in [6, 6.07) is 6.56. The van der Waals surface area contributed by atoms with Gasteiger partial charge in [-0.1, -0.05) is 24.1 Å². The molecule has 0 amide bonds. The van der Waals surface area contributed by atoms with E-state index in [1.54, 1.807) is 0 Å². The summed E-state index contributed by atoms with van der Waals surface area (Å²) in [5, 5.41) is 4.23. The number of piperidine rings is 1. The predicted molar refractivity (Wildman–Crippen MR) is 71.3 cm³/mol. The fourth-order valence-corrected chi connectivity index (χ4v) is 2.66. The van der Waals surface area contributed by atoms with E-state index in [9.17, 15) is 0 Å². The van der Waals surface area contributed by atoms with Crippen LogP contribution < -0.4 is 10.1 Å². The third-order valence-electron chi connectivity index (χ3n) is 3.57. The molecule has 4 heteroatoms. The highest BCUT2D eigenvalue weighted by Gasteiger charge is 2.22. The summed E-state index contributed by atoms with van der Waals surface area (Å²) in [5.74, 6) is 0.768. The molecule has 1 aromatic rings. The fourth-order valence-electron chi connectivity index (χ4n) is 2.43. The molecular weight excluding hydrogens is 250 g/mol. The zero-order valence-electron chi connectivity index (χ0n) is 10.3. The Morgan fingerprint density at radius 2 is 2.17 bits per heavy atom. The fraction of sp³-hybridized carbons (Fsp3) is 0.571. The second-order valence-corrected chi connectivity index (χ2v) is 5.38. The van der Waals surface area contributed by atoms with Gasteiger partial charge in [0.25, 0.3) is 0 Å². The molecular formula is C14H18ClNO2. The Kier molecular flexibility index (Phi) is 3.73. The van der Waals surface area contributed by atoms with E-state index >= 15 is 0 Å². The molecule has 1 N–H and O–H groups in total. The zero-order valence-corrected chi connectivity index (χ0v) is 11.1. The monoisotopic (exact) mass is 267 g/mol. The van der Waals surface area contributed by atoms with Crippen molar-refractivity contribution in [3.8, 4) is 5.75 Å². The normalized spacial score (nSPS) is 24.6. The number of halogens is 1. The first-order chi connectivity index (χ1) is 8.83. The first-order valence-electron chi connectivity index (χ1n) is 6.60. The molecule has 2 fully saturated rings. The lowest BCUT2D eigenvalue weighted by Gasteiger charge is -2.28. The highest BCUT2D eigenvalue weighted by atomic mass is 35.5. The molecule has 0 spiro atoms. The van der Waals surface area contributed by atoms with Gasteiger partial charge in [0.1, 0.15) is 11.9 Å². The van der Waals surface area contributed by atoms with Crippen LogP contribution in [0.15, 0.2) is 18.2 Å². The lowest BCUT2D eigenvalue weighted by molar-refractivity contribution is -0.0796. The van der Waals surface area contributed by atoms with Gasteiger partial charge in [0.2, 0.25) is 0 Å². The average molecular weight is 268 g/mol. The SMILES string of the molecule is Clc1cc(C2CCCCN2)ccc1OC1COC1. The number of hydrogen-bond acceptors (Lipinski definition) is 3. The van der Waals surface area contributed by atoms with Gasteiger partial charge in [0, 0.05) is 6.04 Å². The molecule has 1 unspecified atom stereocenters. The quantitative estimate of drug-likeness (QED) is 0.913. The molecule has 18 heavy (non-hydrogen) atoms. The third kappa shape index (κ3) is 2.63. The second-order valence-electron chi connectivity index (χ2n) is 4.97. The van der Waals surface area contributed by atoms with Crippen LogP contribution in [-0.2, 0) is 4.74 Å². The molecule has 2 heterocycles. The van der Waals surface area contributed by atoms with E-state index in [4.69, 9.17) is 21.1 Å². The van der Waals surface area contributed by atoms with Crippen molar-refractivity contribution in [1.29, 1.82) is 0 Å². The minimum absolute atomic E-state index is 0.168. The number of benzene rings is 1. The molecule has 0 aliphatic carbocycles. The molecule has 2 aliphatic heterocycles. The van der Waals surface area contributed by atoms with E-state index in [2.05, 4.69) is 11.4 Å². The molecule has 1 aromatic carbocycles. The lowest BCUT2D eigenvalue weighted by atomic mass is 9.97. The van der Waals surface area contributed by atoms with Gasteiger partial charge in [-0.15, -0.1) is 0 Å². The minimum atomic E-state index is 0.168. The van der Waals surface area contributed by atoms with Crippen LogP contribution in [-0.4, -0.2) is 25.9 Å². The number of nitrogens with one attached hydrogen (secondary N) is 1. The van der Waals surface area contributed by atoms with Gasteiger partial charge < -0.3 is 14.8 Å². The van der Waals surface area contributed by atoms with Crippen LogP contribution in [0.1, 0.15) is 30.9 Å². The number of rotatable bonds is 3. The van der Waals surface area contributed by atoms with Gasteiger partial charge in [-0.05, 0) is 37.1 Å². The van der Waals surface area contributed by atoms with Crippen LogP contribution in [0, 0.1) is 0 Å². The molecule has 0 aromatic heterocycles. The minimum Gasteiger partial charge on any atom is -0.484 e. The molecule has 98 valence electrons. The average Bonchev–Trinajstić information content (AvgIpc) is 2.36. The van der Waals surface area contributed by atoms with Crippen LogP contribution >= 0.6 is 11.6 Å². The Bertz CT molecular complexity index is 414. The van der Waals surface area contributed by atoms with Crippen LogP contribution in [0.2, 0.25) is 5.02 Å². The smallest absolute Gasteiger partial charge is 0.145 e. The molecule has 0 radical (unpaired) electrons. The predicted octanol–water partition coefficient (Wildman–Crippen LogP) is 2.93. The highest BCUT2D eigenvalue weighted by Crippen LogP contribution is 2.31. The van der Waals surface area contributed by atoms with Gasteiger partial charge >= 0.3 is 0 Å². The first-order valence-corrected chi connectivity index (χ1v) is 6.98. The summed E-state index contributed by atoms with van der Waals surface area (Å²) in [7, 11) is 0. The van der Waals surface area contributed by atoms with E-state index < -0.39 is 0 Å². The lowest BCUT2D eigenvalue weighted by Crippen LogP contribution is -2.38. The van der Waals surface area contributed by atoms with E-state index in [1.807, 2.05) is 12.1 Å². The van der Waals surface area contributed by atoms with Gasteiger partial charge in [-0.25, -0.2) is 0 Å². The summed E-state index contributed by atoms with van der Waals surface area (Å²) >= 11 is 6.28. The van der Waals surface area contributed by atoms with Gasteiger partial charge in [-0.3, -0.25) is 0 Å². The van der Waals surface area contributed by atoms with Gasteiger partial charge in [0.05, 0.1) is 18.2 Å². The molecule has 3 rings (SSSR count). The summed E-state index contributed by atoms with van der Waals surface area (Å²) in [6.07, 6.45) is 3.91. The molecule has 0 saturated carbocycles. The van der Waals surface area contributed by atoms with E-state index in [-0.39, 0.29) is 6.10 Å². The maximum Gasteiger partial charge on any atom is 0.145 e. The Morgan fingerprint density at radius 1 is 1.28 bits per heavy atom. The molecule has 2 aliphatic rings. The highest BCUT2D eigenvalue weighted by molar-refractivity contribution is 6.32. The van der Waals surface area contributed by atoms with Crippen molar-refractivity contribution in [2.24, 2.45) is 0 Å². The van der Waals surface area contributed by atoms with E-state index in [0.29, 0.717) is 24.3 Å². The van der Waals surface area contributed by atoms with Crippen molar-refractivity contribution >= 4 is 11.6 Å². The largest absolute Gasteiger partial charge is 0.484 e. The van der Waals surface area contributed by atoms with E-state index in [1.165, 1.54) is 24.8 Å². The summed E-state index contributed by atoms with van der Waals surface area (Å²) < 4.78 is 10.8. The summed E-state index contributed by atoms with van der Waals surface area (Å²) in [4.78, 5) is 0. The maximum atomic E-state index is 6.28. The van der Waals surface area contributed by atoms with Gasteiger partial charge in [0.15, 0.2) is 0 Å². The Balaban J connectivity index is 1.70. The topological polar surface area (TPSA) is 30.5 Å². The van der Waals surface area contributed by atoms with Crippen molar-refractivity contribution in [2.45, 2.75) is 31.4 Å². The Morgan fingerprint density at radius 3 is 2.78 bits per heavy atom. The van der Waals surface area contributed by atoms with Crippen LogP contribution in [0.5, 0.6) is 5.75 Å². The third-order valence-corrected chi connectivity index (χ3v) is 3.87. The first kappa shape index (κ1) is 12.3. The Hall–Kier alpha value is -0.770. The number of ether oxygens (including phenoxy) is 2. The van der Waals surface area contributed by atoms with Crippen LogP contribution in [0.3, 0.4) is 0 Å². The van der Waals surface area contributed by atoms with Gasteiger partial charge in [-0.2, -0.15) is 0 Å². The number of hydrogen-bond donors (Lipinski definition) is 1. The van der Waals surface area contributed by atoms with Crippen molar-refractivity contribution < 1.29 is 9.47 Å². The van der Waals surface area contributed by atoms with Crippen molar-refractivity contribution in [1.82, 2.24) is 5.32 Å². The van der Waals surface area contributed by atoms with Crippen molar-refractivity contribution in [3.63, 3.8) is 0 Å². The molecule has 2 saturated heterocycles. The second kappa shape index (κ2) is 5.47.